The first-order valence-corrected chi connectivity index (χ1v) is 9.11. The van der Waals surface area contributed by atoms with Gasteiger partial charge in [0, 0.05) is 35.4 Å². The number of phenols is 1. The quantitative estimate of drug-likeness (QED) is 0.533. The molecule has 6 nitrogen and oxygen atoms in total. The first-order valence-electron chi connectivity index (χ1n) is 8.73. The molecule has 2 aromatic carbocycles. The molecule has 0 saturated carbocycles. The number of hydrogen-bond acceptors (Lipinski definition) is 5. The molecular formula is C20H24ClN3O3. The van der Waals surface area contributed by atoms with Gasteiger partial charge in [0.2, 0.25) is 0 Å². The van der Waals surface area contributed by atoms with Crippen molar-refractivity contribution in [2.75, 3.05) is 24.6 Å². The highest BCUT2D eigenvalue weighted by molar-refractivity contribution is 6.31. The van der Waals surface area contributed by atoms with Gasteiger partial charge in [-0.1, -0.05) is 11.6 Å². The van der Waals surface area contributed by atoms with Crippen LogP contribution in [-0.4, -0.2) is 36.9 Å². The van der Waals surface area contributed by atoms with E-state index in [2.05, 4.69) is 29.3 Å². The van der Waals surface area contributed by atoms with Crippen LogP contribution in [-0.2, 0) is 4.79 Å². The minimum absolute atomic E-state index is 0.102. The highest BCUT2D eigenvalue weighted by Crippen LogP contribution is 2.23. The van der Waals surface area contributed by atoms with Gasteiger partial charge in [0.05, 0.1) is 6.21 Å². The molecule has 2 aromatic rings. The van der Waals surface area contributed by atoms with Gasteiger partial charge in [-0.25, -0.2) is 5.43 Å². The molecule has 0 fully saturated rings. The molecule has 2 rings (SSSR count). The van der Waals surface area contributed by atoms with Gasteiger partial charge in [0.15, 0.2) is 6.61 Å². The van der Waals surface area contributed by atoms with Gasteiger partial charge >= 0.3 is 0 Å². The minimum atomic E-state index is -0.405. The second-order valence-corrected chi connectivity index (χ2v) is 6.32. The van der Waals surface area contributed by atoms with E-state index in [1.807, 2.05) is 13.0 Å². The van der Waals surface area contributed by atoms with Crippen LogP contribution in [0.4, 0.5) is 5.69 Å². The lowest BCUT2D eigenvalue weighted by molar-refractivity contribution is -0.123. The van der Waals surface area contributed by atoms with Gasteiger partial charge in [0.25, 0.3) is 5.91 Å². The second-order valence-electron chi connectivity index (χ2n) is 5.91. The Balaban J connectivity index is 1.88. The molecule has 0 unspecified atom stereocenters. The third-order valence-electron chi connectivity index (χ3n) is 4.03. The van der Waals surface area contributed by atoms with Crippen LogP contribution in [0.2, 0.25) is 5.02 Å². The van der Waals surface area contributed by atoms with Crippen molar-refractivity contribution in [1.29, 1.82) is 0 Å². The van der Waals surface area contributed by atoms with Crippen molar-refractivity contribution in [3.8, 4) is 11.5 Å². The molecule has 2 N–H and O–H groups in total. The highest BCUT2D eigenvalue weighted by Gasteiger charge is 2.06. The van der Waals surface area contributed by atoms with Crippen LogP contribution in [0, 0.1) is 6.92 Å². The first kappa shape index (κ1) is 20.6. The van der Waals surface area contributed by atoms with Crippen molar-refractivity contribution in [3.05, 3.63) is 52.5 Å². The van der Waals surface area contributed by atoms with E-state index in [-0.39, 0.29) is 12.4 Å². The van der Waals surface area contributed by atoms with Crippen LogP contribution in [0.25, 0.3) is 0 Å². The number of halogens is 1. The van der Waals surface area contributed by atoms with Gasteiger partial charge in [-0.15, -0.1) is 0 Å². The number of benzene rings is 2. The predicted molar refractivity (Wildman–Crippen MR) is 109 cm³/mol. The largest absolute Gasteiger partial charge is 0.507 e. The first-order chi connectivity index (χ1) is 12.9. The maximum atomic E-state index is 11.8. The number of aromatic hydroxyl groups is 1. The molecule has 144 valence electrons. The Morgan fingerprint density at radius 2 is 2.00 bits per heavy atom. The number of carbonyl (C=O) groups excluding carboxylic acids is 1. The van der Waals surface area contributed by atoms with Crippen molar-refractivity contribution in [2.45, 2.75) is 20.8 Å². The summed E-state index contributed by atoms with van der Waals surface area (Å²) in [4.78, 5) is 13.9. The van der Waals surface area contributed by atoms with Crippen molar-refractivity contribution in [2.24, 2.45) is 5.10 Å². The number of nitrogens with zero attached hydrogens (tertiary/aromatic N) is 2. The summed E-state index contributed by atoms with van der Waals surface area (Å²) in [5, 5.41) is 14.6. The maximum Gasteiger partial charge on any atom is 0.277 e. The lowest BCUT2D eigenvalue weighted by Crippen LogP contribution is -2.24. The van der Waals surface area contributed by atoms with Gasteiger partial charge in [-0.3, -0.25) is 4.79 Å². The van der Waals surface area contributed by atoms with Crippen LogP contribution >= 0.6 is 11.6 Å². The Kier molecular flexibility index (Phi) is 7.49. The Labute approximate surface area is 164 Å². The Hall–Kier alpha value is -2.73. The summed E-state index contributed by atoms with van der Waals surface area (Å²) in [6.07, 6.45) is 1.39. The molecule has 0 bridgehead atoms. The Bertz CT molecular complexity index is 820. The van der Waals surface area contributed by atoms with E-state index in [9.17, 15) is 9.90 Å². The Morgan fingerprint density at radius 1 is 1.26 bits per heavy atom. The summed E-state index contributed by atoms with van der Waals surface area (Å²) in [5.74, 6) is 0.254. The fourth-order valence-electron chi connectivity index (χ4n) is 2.49. The van der Waals surface area contributed by atoms with E-state index in [0.29, 0.717) is 16.3 Å². The highest BCUT2D eigenvalue weighted by atomic mass is 35.5. The summed E-state index contributed by atoms with van der Waals surface area (Å²) >= 11 is 5.95. The molecule has 0 aliphatic rings. The smallest absolute Gasteiger partial charge is 0.277 e. The summed E-state index contributed by atoms with van der Waals surface area (Å²) < 4.78 is 5.40. The zero-order valence-corrected chi connectivity index (χ0v) is 16.5. The normalized spacial score (nSPS) is 10.8. The monoisotopic (exact) mass is 389 g/mol. The maximum absolute atomic E-state index is 11.8. The number of hydrogen-bond donors (Lipinski definition) is 2. The molecule has 0 aliphatic heterocycles. The van der Waals surface area contributed by atoms with Gasteiger partial charge in [0.1, 0.15) is 11.5 Å². The number of ether oxygens (including phenoxy) is 1. The fraction of sp³-hybridized carbons (Fsp3) is 0.300. The van der Waals surface area contributed by atoms with Crippen LogP contribution < -0.4 is 15.1 Å². The van der Waals surface area contributed by atoms with E-state index >= 15 is 0 Å². The minimum Gasteiger partial charge on any atom is -0.507 e. The molecule has 0 saturated heterocycles. The molecule has 0 radical (unpaired) electrons. The van der Waals surface area contributed by atoms with Gasteiger partial charge in [-0.05, 0) is 56.7 Å². The number of amides is 1. The average molecular weight is 390 g/mol. The fourth-order valence-corrected chi connectivity index (χ4v) is 2.61. The molecule has 0 atom stereocenters. The summed E-state index contributed by atoms with van der Waals surface area (Å²) in [6, 6.07) is 10.5. The number of aryl methyl sites for hydroxylation is 1. The van der Waals surface area contributed by atoms with E-state index < -0.39 is 5.91 Å². The molecular weight excluding hydrogens is 366 g/mol. The van der Waals surface area contributed by atoms with Gasteiger partial charge in [-0.2, -0.15) is 5.10 Å². The van der Waals surface area contributed by atoms with Gasteiger partial charge < -0.3 is 14.7 Å². The van der Waals surface area contributed by atoms with Crippen LogP contribution in [0.5, 0.6) is 11.5 Å². The number of nitrogens with one attached hydrogen (secondary N) is 1. The SMILES string of the molecule is CCN(CC)c1ccc(/C=N\NC(=O)COc2ccc(Cl)c(C)c2)c(O)c1. The average Bonchev–Trinajstić information content (AvgIpc) is 2.65. The second kappa shape index (κ2) is 9.83. The van der Waals surface area contributed by atoms with Crippen molar-refractivity contribution >= 4 is 29.4 Å². The summed E-state index contributed by atoms with van der Waals surface area (Å²) in [7, 11) is 0. The number of hydrazone groups is 1. The number of rotatable bonds is 8. The van der Waals surface area contributed by atoms with E-state index in [1.54, 1.807) is 30.3 Å². The zero-order chi connectivity index (χ0) is 19.8. The van der Waals surface area contributed by atoms with E-state index in [0.717, 1.165) is 24.3 Å². The zero-order valence-electron chi connectivity index (χ0n) is 15.7. The topological polar surface area (TPSA) is 74.2 Å². The van der Waals surface area contributed by atoms with Crippen LogP contribution in [0.3, 0.4) is 0 Å². The van der Waals surface area contributed by atoms with Crippen molar-refractivity contribution in [3.63, 3.8) is 0 Å². The molecule has 27 heavy (non-hydrogen) atoms. The van der Waals surface area contributed by atoms with Crippen LogP contribution in [0.1, 0.15) is 25.0 Å². The third-order valence-corrected chi connectivity index (χ3v) is 4.46. The molecule has 0 spiro atoms. The molecule has 7 heteroatoms. The number of anilines is 1. The number of carbonyl (C=O) groups is 1. The molecule has 1 amide bonds. The van der Waals surface area contributed by atoms with E-state index in [1.165, 1.54) is 6.21 Å². The summed E-state index contributed by atoms with van der Waals surface area (Å²) in [5.41, 5.74) is 4.69. The lowest BCUT2D eigenvalue weighted by Gasteiger charge is -2.21. The Morgan fingerprint density at radius 3 is 2.63 bits per heavy atom. The third kappa shape index (κ3) is 5.89. The number of phenolic OH excluding ortho intramolecular Hbond substituents is 1. The van der Waals surface area contributed by atoms with Crippen LogP contribution in [0.15, 0.2) is 41.5 Å². The van der Waals surface area contributed by atoms with Crippen molar-refractivity contribution in [1.82, 2.24) is 5.43 Å². The standard InChI is InChI=1S/C20H24ClN3O3/c1-4-24(5-2)16-7-6-15(19(25)11-16)12-22-23-20(26)13-27-17-8-9-18(21)14(3)10-17/h6-12,25H,4-5,13H2,1-3H3,(H,23,26)/b22-12-. The predicted octanol–water partition coefficient (Wildman–Crippen LogP) is 3.73. The lowest BCUT2D eigenvalue weighted by atomic mass is 10.2. The summed E-state index contributed by atoms with van der Waals surface area (Å²) in [6.45, 7) is 7.50. The van der Waals surface area contributed by atoms with E-state index in [4.69, 9.17) is 16.3 Å². The van der Waals surface area contributed by atoms with Crippen molar-refractivity contribution < 1.29 is 14.6 Å². The molecule has 0 heterocycles. The molecule has 0 aromatic heterocycles. The molecule has 0 aliphatic carbocycles.